The first-order valence-electron chi connectivity index (χ1n) is 10.5. The molecular weight excluding hydrogens is 420 g/mol. The maximum Gasteiger partial charge on any atom is 0.271 e. The fourth-order valence-electron chi connectivity index (χ4n) is 3.39. The van der Waals surface area contributed by atoms with Gasteiger partial charge < -0.3 is 14.6 Å². The van der Waals surface area contributed by atoms with Crippen LogP contribution < -0.4 is 15.0 Å². The summed E-state index contributed by atoms with van der Waals surface area (Å²) in [6.07, 6.45) is 0. The quantitative estimate of drug-likeness (QED) is 0.524. The number of carbonyl (C=O) groups excluding carboxylic acids is 1. The maximum atomic E-state index is 13.3. The smallest absolute Gasteiger partial charge is 0.271 e. The first-order valence-corrected chi connectivity index (χ1v) is 10.5. The van der Waals surface area contributed by atoms with E-state index in [-0.39, 0.29) is 23.2 Å². The standard InChI is InChI=1S/C26H26N2O5/c1-16(2)15-33-21-11-7-19(8-12-21)24(29)23-17(3)22(13-27)25(30)28(26(23)31)14-18-5-9-20(32-4)10-6-18/h5-12,16,31H,14-15H2,1-4H3. The molecule has 0 unspecified atom stereocenters. The fourth-order valence-corrected chi connectivity index (χ4v) is 3.39. The van der Waals surface area contributed by atoms with Crippen molar-refractivity contribution in [3.8, 4) is 23.4 Å². The van der Waals surface area contributed by atoms with E-state index in [0.717, 1.165) is 4.57 Å². The van der Waals surface area contributed by atoms with Crippen LogP contribution in [-0.4, -0.2) is 29.2 Å². The lowest BCUT2D eigenvalue weighted by Gasteiger charge is -2.16. The van der Waals surface area contributed by atoms with Crippen LogP contribution in [0.5, 0.6) is 17.4 Å². The zero-order chi connectivity index (χ0) is 24.1. The Morgan fingerprint density at radius 2 is 1.70 bits per heavy atom. The van der Waals surface area contributed by atoms with E-state index in [1.165, 1.54) is 6.92 Å². The van der Waals surface area contributed by atoms with Gasteiger partial charge in [0.05, 0.1) is 25.8 Å². The van der Waals surface area contributed by atoms with Crippen molar-refractivity contribution in [1.29, 1.82) is 5.26 Å². The number of rotatable bonds is 8. The Kier molecular flexibility index (Phi) is 7.19. The van der Waals surface area contributed by atoms with Crippen LogP contribution in [0.25, 0.3) is 0 Å². The second-order valence-electron chi connectivity index (χ2n) is 8.11. The molecule has 0 aliphatic carbocycles. The summed E-state index contributed by atoms with van der Waals surface area (Å²) in [5.41, 5.74) is 0.250. The number of nitriles is 1. The predicted octanol–water partition coefficient (Wildman–Crippen LogP) is 4.06. The van der Waals surface area contributed by atoms with Gasteiger partial charge in [-0.3, -0.25) is 14.2 Å². The highest BCUT2D eigenvalue weighted by Crippen LogP contribution is 2.27. The minimum atomic E-state index is -0.655. The van der Waals surface area contributed by atoms with Crippen LogP contribution in [0, 0.1) is 24.2 Å². The summed E-state index contributed by atoms with van der Waals surface area (Å²) in [6.45, 7) is 6.11. The predicted molar refractivity (Wildman–Crippen MR) is 124 cm³/mol. The van der Waals surface area contributed by atoms with Gasteiger partial charge in [-0.25, -0.2) is 0 Å². The summed E-state index contributed by atoms with van der Waals surface area (Å²) in [6, 6.07) is 15.4. The minimum Gasteiger partial charge on any atom is -0.497 e. The average molecular weight is 447 g/mol. The molecule has 0 fully saturated rings. The van der Waals surface area contributed by atoms with Crippen molar-refractivity contribution in [3.05, 3.63) is 86.7 Å². The molecule has 0 saturated heterocycles. The number of methoxy groups -OCH3 is 1. The molecule has 0 saturated carbocycles. The number of carbonyl (C=O) groups is 1. The molecule has 3 rings (SSSR count). The molecule has 0 amide bonds. The molecule has 1 heterocycles. The van der Waals surface area contributed by atoms with E-state index in [2.05, 4.69) is 0 Å². The highest BCUT2D eigenvalue weighted by molar-refractivity contribution is 6.11. The van der Waals surface area contributed by atoms with Crippen molar-refractivity contribution in [3.63, 3.8) is 0 Å². The fraction of sp³-hybridized carbons (Fsp3) is 0.269. The number of aromatic hydroxyl groups is 1. The summed E-state index contributed by atoms with van der Waals surface area (Å²) >= 11 is 0. The number of hydrogen-bond acceptors (Lipinski definition) is 6. The average Bonchev–Trinajstić information content (AvgIpc) is 2.81. The van der Waals surface area contributed by atoms with Gasteiger partial charge in [0, 0.05) is 5.56 Å². The normalized spacial score (nSPS) is 10.7. The van der Waals surface area contributed by atoms with Crippen molar-refractivity contribution in [1.82, 2.24) is 4.57 Å². The van der Waals surface area contributed by atoms with E-state index in [1.807, 2.05) is 19.9 Å². The first-order chi connectivity index (χ1) is 15.8. The maximum absolute atomic E-state index is 13.3. The van der Waals surface area contributed by atoms with Gasteiger partial charge in [0.1, 0.15) is 23.1 Å². The number of hydrogen-bond donors (Lipinski definition) is 1. The molecule has 0 radical (unpaired) electrons. The Bertz CT molecular complexity index is 1250. The van der Waals surface area contributed by atoms with Crippen LogP contribution in [0.4, 0.5) is 0 Å². The molecule has 1 N–H and O–H groups in total. The van der Waals surface area contributed by atoms with Crippen molar-refractivity contribution in [2.75, 3.05) is 13.7 Å². The molecule has 0 atom stereocenters. The summed E-state index contributed by atoms with van der Waals surface area (Å²) in [4.78, 5) is 26.2. The minimum absolute atomic E-state index is 0.00805. The Morgan fingerprint density at radius 1 is 1.09 bits per heavy atom. The van der Waals surface area contributed by atoms with Gasteiger partial charge in [0.15, 0.2) is 5.78 Å². The van der Waals surface area contributed by atoms with Crippen molar-refractivity contribution in [2.24, 2.45) is 5.92 Å². The van der Waals surface area contributed by atoms with Gasteiger partial charge in [-0.15, -0.1) is 0 Å². The highest BCUT2D eigenvalue weighted by Gasteiger charge is 2.25. The van der Waals surface area contributed by atoms with Crippen LogP contribution in [0.2, 0.25) is 0 Å². The second-order valence-corrected chi connectivity index (χ2v) is 8.11. The lowest BCUT2D eigenvalue weighted by molar-refractivity contribution is 0.103. The van der Waals surface area contributed by atoms with Gasteiger partial charge in [0.2, 0.25) is 5.88 Å². The molecule has 7 heteroatoms. The molecule has 170 valence electrons. The van der Waals surface area contributed by atoms with Crippen LogP contribution >= 0.6 is 0 Å². The Hall–Kier alpha value is -4.05. The lowest BCUT2D eigenvalue weighted by atomic mass is 9.97. The van der Waals surface area contributed by atoms with Crippen LogP contribution in [0.15, 0.2) is 53.3 Å². The van der Waals surface area contributed by atoms with Crippen LogP contribution in [0.1, 0.15) is 46.5 Å². The van der Waals surface area contributed by atoms with Gasteiger partial charge in [0.25, 0.3) is 5.56 Å². The van der Waals surface area contributed by atoms with Gasteiger partial charge in [-0.05, 0) is 60.4 Å². The van der Waals surface area contributed by atoms with Crippen molar-refractivity contribution in [2.45, 2.75) is 27.3 Å². The Labute approximate surface area is 192 Å². The molecule has 33 heavy (non-hydrogen) atoms. The molecular formula is C26H26N2O5. The number of benzene rings is 2. The molecule has 3 aromatic rings. The third-order valence-electron chi connectivity index (χ3n) is 5.23. The zero-order valence-corrected chi connectivity index (χ0v) is 19.1. The third-order valence-corrected chi connectivity index (χ3v) is 5.23. The number of ketones is 1. The van der Waals surface area contributed by atoms with E-state index in [9.17, 15) is 20.0 Å². The van der Waals surface area contributed by atoms with Gasteiger partial charge in [-0.2, -0.15) is 5.26 Å². The highest BCUT2D eigenvalue weighted by atomic mass is 16.5. The Morgan fingerprint density at radius 3 is 2.24 bits per heavy atom. The third kappa shape index (κ3) is 5.07. The topological polar surface area (TPSA) is 102 Å². The number of pyridine rings is 1. The number of nitrogens with zero attached hydrogens (tertiary/aromatic N) is 2. The molecule has 2 aromatic carbocycles. The molecule has 0 aliphatic rings. The zero-order valence-electron chi connectivity index (χ0n) is 19.1. The van der Waals surface area contributed by atoms with Crippen molar-refractivity contribution < 1.29 is 19.4 Å². The van der Waals surface area contributed by atoms with Crippen LogP contribution in [-0.2, 0) is 6.54 Å². The number of aromatic nitrogens is 1. The number of ether oxygens (including phenoxy) is 2. The molecule has 0 aliphatic heterocycles. The summed E-state index contributed by atoms with van der Waals surface area (Å²) in [5, 5.41) is 20.5. The molecule has 0 bridgehead atoms. The van der Waals surface area contributed by atoms with E-state index >= 15 is 0 Å². The van der Waals surface area contributed by atoms with E-state index in [4.69, 9.17) is 9.47 Å². The monoisotopic (exact) mass is 446 g/mol. The Balaban J connectivity index is 2.02. The summed E-state index contributed by atoms with van der Waals surface area (Å²) < 4.78 is 11.8. The van der Waals surface area contributed by atoms with Crippen molar-refractivity contribution >= 4 is 5.78 Å². The van der Waals surface area contributed by atoms with E-state index in [1.54, 1.807) is 55.6 Å². The second kappa shape index (κ2) is 10.0. The molecule has 0 spiro atoms. The van der Waals surface area contributed by atoms with Crippen LogP contribution in [0.3, 0.4) is 0 Å². The summed E-state index contributed by atoms with van der Waals surface area (Å²) in [5.74, 6) is 0.678. The SMILES string of the molecule is COc1ccc(Cn2c(O)c(C(=O)c3ccc(OCC(C)C)cc3)c(C)c(C#N)c2=O)cc1. The van der Waals surface area contributed by atoms with E-state index in [0.29, 0.717) is 35.2 Å². The van der Waals surface area contributed by atoms with Gasteiger partial charge in [-0.1, -0.05) is 26.0 Å². The molecule has 1 aromatic heterocycles. The summed E-state index contributed by atoms with van der Waals surface area (Å²) in [7, 11) is 1.55. The lowest BCUT2D eigenvalue weighted by Crippen LogP contribution is -2.27. The van der Waals surface area contributed by atoms with Gasteiger partial charge >= 0.3 is 0 Å². The first kappa shape index (κ1) is 23.6. The molecule has 7 nitrogen and oxygen atoms in total. The largest absolute Gasteiger partial charge is 0.497 e. The van der Waals surface area contributed by atoms with E-state index < -0.39 is 17.2 Å².